The fourth-order valence-electron chi connectivity index (χ4n) is 2.13. The van der Waals surface area contributed by atoms with Crippen LogP contribution in [0.15, 0.2) is 42.5 Å². The second kappa shape index (κ2) is 7.58. The van der Waals surface area contributed by atoms with E-state index >= 15 is 0 Å². The first-order valence-electron chi connectivity index (χ1n) is 6.94. The predicted molar refractivity (Wildman–Crippen MR) is 92.5 cm³/mol. The van der Waals surface area contributed by atoms with Crippen molar-refractivity contribution in [2.24, 2.45) is 0 Å². The van der Waals surface area contributed by atoms with Crippen LogP contribution in [0.3, 0.4) is 0 Å². The normalized spacial score (nSPS) is 10.4. The molecule has 116 valence electrons. The Morgan fingerprint density at radius 2 is 2.00 bits per heavy atom. The van der Waals surface area contributed by atoms with Crippen LogP contribution in [-0.2, 0) is 6.54 Å². The van der Waals surface area contributed by atoms with Crippen LogP contribution in [0.2, 0.25) is 0 Å². The first kappa shape index (κ1) is 16.7. The zero-order valence-corrected chi connectivity index (χ0v) is 14.6. The number of nitrogens with zero attached hydrogens (tertiary/aromatic N) is 1. The molecule has 0 saturated heterocycles. The lowest BCUT2D eigenvalue weighted by Gasteiger charge is -2.20. The van der Waals surface area contributed by atoms with Crippen LogP contribution >= 0.6 is 22.6 Å². The summed E-state index contributed by atoms with van der Waals surface area (Å²) in [5.41, 5.74) is 1.44. The molecule has 0 bridgehead atoms. The van der Waals surface area contributed by atoms with Gasteiger partial charge < -0.3 is 9.64 Å². The van der Waals surface area contributed by atoms with Crippen molar-refractivity contribution in [3.8, 4) is 5.75 Å². The van der Waals surface area contributed by atoms with Gasteiger partial charge in [0.05, 0.1) is 12.2 Å². The maximum atomic E-state index is 13.2. The van der Waals surface area contributed by atoms with E-state index in [9.17, 15) is 9.18 Å². The van der Waals surface area contributed by atoms with Gasteiger partial charge in [0, 0.05) is 22.7 Å². The van der Waals surface area contributed by atoms with E-state index in [4.69, 9.17) is 4.74 Å². The fourth-order valence-corrected chi connectivity index (χ4v) is 2.83. The number of ether oxygens (including phenoxy) is 1. The number of amides is 1. The summed E-state index contributed by atoms with van der Waals surface area (Å²) >= 11 is 1.97. The summed E-state index contributed by atoms with van der Waals surface area (Å²) in [6, 6.07) is 11.8. The van der Waals surface area contributed by atoms with Gasteiger partial charge in [-0.2, -0.15) is 0 Å². The van der Waals surface area contributed by atoms with Crippen molar-refractivity contribution in [3.05, 3.63) is 63.0 Å². The van der Waals surface area contributed by atoms with Gasteiger partial charge in [0.25, 0.3) is 5.91 Å². The molecule has 0 aromatic heterocycles. The second-order valence-corrected chi connectivity index (χ2v) is 5.99. The van der Waals surface area contributed by atoms with Crippen LogP contribution in [0.4, 0.5) is 4.39 Å². The van der Waals surface area contributed by atoms with E-state index in [1.54, 1.807) is 11.9 Å². The van der Waals surface area contributed by atoms with E-state index in [1.807, 2.05) is 53.8 Å². The van der Waals surface area contributed by atoms with Crippen LogP contribution in [0.25, 0.3) is 0 Å². The number of hydrogen-bond acceptors (Lipinski definition) is 2. The Kier molecular flexibility index (Phi) is 5.76. The topological polar surface area (TPSA) is 29.5 Å². The molecule has 2 aromatic carbocycles. The fraction of sp³-hybridized carbons (Fsp3) is 0.235. The van der Waals surface area contributed by atoms with Gasteiger partial charge in [-0.15, -0.1) is 0 Å². The van der Waals surface area contributed by atoms with Gasteiger partial charge in [-0.3, -0.25) is 4.79 Å². The van der Waals surface area contributed by atoms with Crippen LogP contribution in [0.1, 0.15) is 22.8 Å². The largest absolute Gasteiger partial charge is 0.494 e. The molecule has 0 unspecified atom stereocenters. The Bertz CT molecular complexity index is 675. The van der Waals surface area contributed by atoms with Gasteiger partial charge in [0.2, 0.25) is 0 Å². The van der Waals surface area contributed by atoms with Gasteiger partial charge in [0.1, 0.15) is 11.6 Å². The standard InChI is InChI=1S/C17H17FINO2/c1-3-22-16-7-5-4-6-12(16)11-20(2)17(21)14-9-8-13(18)10-15(14)19/h4-10H,3,11H2,1-2H3. The third-order valence-corrected chi connectivity index (χ3v) is 4.08. The number of benzene rings is 2. The van der Waals surface area contributed by atoms with Crippen LogP contribution in [0.5, 0.6) is 5.75 Å². The van der Waals surface area contributed by atoms with E-state index in [0.29, 0.717) is 22.3 Å². The van der Waals surface area contributed by atoms with Gasteiger partial charge in [-0.05, 0) is 53.8 Å². The molecule has 1 amide bonds. The minimum Gasteiger partial charge on any atom is -0.494 e. The highest BCUT2D eigenvalue weighted by Crippen LogP contribution is 2.21. The van der Waals surface area contributed by atoms with Gasteiger partial charge >= 0.3 is 0 Å². The Morgan fingerprint density at radius 3 is 2.68 bits per heavy atom. The molecule has 0 atom stereocenters. The van der Waals surface area contributed by atoms with Crippen LogP contribution in [0, 0.1) is 9.39 Å². The molecule has 0 heterocycles. The highest BCUT2D eigenvalue weighted by Gasteiger charge is 2.17. The van der Waals surface area contributed by atoms with E-state index in [-0.39, 0.29) is 11.7 Å². The molecule has 2 rings (SSSR count). The van der Waals surface area contributed by atoms with Crippen molar-refractivity contribution in [2.75, 3.05) is 13.7 Å². The Balaban J connectivity index is 2.18. The highest BCUT2D eigenvalue weighted by atomic mass is 127. The number of hydrogen-bond donors (Lipinski definition) is 0. The number of carbonyl (C=O) groups excluding carboxylic acids is 1. The summed E-state index contributed by atoms with van der Waals surface area (Å²) in [4.78, 5) is 14.1. The minimum atomic E-state index is -0.342. The monoisotopic (exact) mass is 413 g/mol. The number of halogens is 2. The molecule has 0 saturated carbocycles. The molecule has 0 aliphatic carbocycles. The molecule has 0 radical (unpaired) electrons. The molecule has 2 aromatic rings. The van der Waals surface area contributed by atoms with E-state index in [0.717, 1.165) is 11.3 Å². The molecule has 0 aliphatic heterocycles. The number of para-hydroxylation sites is 1. The average molecular weight is 413 g/mol. The van der Waals surface area contributed by atoms with E-state index in [2.05, 4.69) is 0 Å². The molecule has 22 heavy (non-hydrogen) atoms. The molecule has 0 N–H and O–H groups in total. The van der Waals surface area contributed by atoms with Crippen molar-refractivity contribution < 1.29 is 13.9 Å². The molecule has 5 heteroatoms. The quantitative estimate of drug-likeness (QED) is 0.691. The van der Waals surface area contributed by atoms with Crippen molar-refractivity contribution in [1.82, 2.24) is 4.90 Å². The smallest absolute Gasteiger partial charge is 0.254 e. The molecule has 0 aliphatic rings. The summed E-state index contributed by atoms with van der Waals surface area (Å²) in [6.07, 6.45) is 0. The summed E-state index contributed by atoms with van der Waals surface area (Å²) in [6.45, 7) is 2.93. The van der Waals surface area contributed by atoms with Crippen molar-refractivity contribution in [3.63, 3.8) is 0 Å². The Hall–Kier alpha value is -1.63. The molecular formula is C17H17FINO2. The predicted octanol–water partition coefficient (Wildman–Crippen LogP) is 4.10. The van der Waals surface area contributed by atoms with Crippen LogP contribution < -0.4 is 4.74 Å². The van der Waals surface area contributed by atoms with Crippen molar-refractivity contribution in [1.29, 1.82) is 0 Å². The second-order valence-electron chi connectivity index (χ2n) is 4.83. The third-order valence-electron chi connectivity index (χ3n) is 3.19. The zero-order valence-electron chi connectivity index (χ0n) is 12.5. The molecule has 3 nitrogen and oxygen atoms in total. The lowest BCUT2D eigenvalue weighted by molar-refractivity contribution is 0.0783. The number of carbonyl (C=O) groups is 1. The van der Waals surface area contributed by atoms with Crippen molar-refractivity contribution >= 4 is 28.5 Å². The third kappa shape index (κ3) is 3.97. The van der Waals surface area contributed by atoms with Crippen LogP contribution in [-0.4, -0.2) is 24.5 Å². The Morgan fingerprint density at radius 1 is 1.27 bits per heavy atom. The lowest BCUT2D eigenvalue weighted by atomic mass is 10.1. The number of rotatable bonds is 5. The summed E-state index contributed by atoms with van der Waals surface area (Å²) in [5.74, 6) is 0.291. The van der Waals surface area contributed by atoms with Gasteiger partial charge in [-0.25, -0.2) is 4.39 Å². The van der Waals surface area contributed by atoms with Gasteiger partial charge in [0.15, 0.2) is 0 Å². The summed E-state index contributed by atoms with van der Waals surface area (Å²) in [7, 11) is 1.73. The maximum Gasteiger partial charge on any atom is 0.254 e. The van der Waals surface area contributed by atoms with Gasteiger partial charge in [-0.1, -0.05) is 18.2 Å². The summed E-state index contributed by atoms with van der Waals surface area (Å²) in [5, 5.41) is 0. The highest BCUT2D eigenvalue weighted by molar-refractivity contribution is 14.1. The lowest BCUT2D eigenvalue weighted by Crippen LogP contribution is -2.27. The minimum absolute atomic E-state index is 0.143. The molecule has 0 spiro atoms. The van der Waals surface area contributed by atoms with E-state index < -0.39 is 0 Å². The molecular weight excluding hydrogens is 396 g/mol. The maximum absolute atomic E-state index is 13.2. The average Bonchev–Trinajstić information content (AvgIpc) is 2.49. The SMILES string of the molecule is CCOc1ccccc1CN(C)C(=O)c1ccc(F)cc1I. The zero-order chi connectivity index (χ0) is 16.1. The summed E-state index contributed by atoms with van der Waals surface area (Å²) < 4.78 is 19.3. The Labute approximate surface area is 143 Å². The first-order valence-corrected chi connectivity index (χ1v) is 8.02. The first-order chi connectivity index (χ1) is 10.5. The van der Waals surface area contributed by atoms with Crippen molar-refractivity contribution in [2.45, 2.75) is 13.5 Å². The van der Waals surface area contributed by atoms with E-state index in [1.165, 1.54) is 18.2 Å². The molecule has 0 fully saturated rings.